The largest absolute Gasteiger partial charge is 0.294 e. The quantitative estimate of drug-likeness (QED) is 0.590. The number of fused-ring (bicyclic) bond motifs is 1. The summed E-state index contributed by atoms with van der Waals surface area (Å²) in [6.07, 6.45) is 5.72. The number of benzene rings is 1. The average Bonchev–Trinajstić information content (AvgIpc) is 2.78. The van der Waals surface area contributed by atoms with E-state index in [1.807, 2.05) is 45.0 Å². The van der Waals surface area contributed by atoms with Gasteiger partial charge in [0.25, 0.3) is 0 Å². The number of ketones is 1. The molecule has 3 nitrogen and oxygen atoms in total. The Morgan fingerprint density at radius 1 is 1.05 bits per heavy atom. The van der Waals surface area contributed by atoms with Crippen LogP contribution in [0.3, 0.4) is 0 Å². The first-order chi connectivity index (χ1) is 10.5. The zero-order valence-electron chi connectivity index (χ0n) is 13.8. The summed E-state index contributed by atoms with van der Waals surface area (Å²) in [5.74, 6) is 0.576. The van der Waals surface area contributed by atoms with E-state index in [-0.39, 0.29) is 23.4 Å². The van der Waals surface area contributed by atoms with Crippen molar-refractivity contribution in [2.75, 3.05) is 0 Å². The van der Waals surface area contributed by atoms with Gasteiger partial charge < -0.3 is 0 Å². The molecule has 1 fully saturated rings. The fraction of sp³-hybridized carbons (Fsp3) is 0.632. The summed E-state index contributed by atoms with van der Waals surface area (Å²) in [6.45, 7) is 5.89. The Labute approximate surface area is 132 Å². The molecule has 1 aromatic carbocycles. The van der Waals surface area contributed by atoms with Crippen LogP contribution in [0.5, 0.6) is 0 Å². The summed E-state index contributed by atoms with van der Waals surface area (Å²) < 4.78 is 0. The minimum atomic E-state index is -0.377. The first-order valence-corrected chi connectivity index (χ1v) is 8.45. The highest BCUT2D eigenvalue weighted by molar-refractivity contribution is 6.03. The minimum Gasteiger partial charge on any atom is -0.294 e. The van der Waals surface area contributed by atoms with E-state index in [4.69, 9.17) is 9.78 Å². The van der Waals surface area contributed by atoms with Gasteiger partial charge in [-0.15, -0.1) is 0 Å². The number of hydrogen-bond donors (Lipinski definition) is 0. The van der Waals surface area contributed by atoms with Crippen LogP contribution in [-0.2, 0) is 9.78 Å². The minimum absolute atomic E-state index is 0.0833. The molecule has 2 aliphatic rings. The van der Waals surface area contributed by atoms with E-state index in [1.165, 1.54) is 19.3 Å². The molecule has 3 rings (SSSR count). The Morgan fingerprint density at radius 2 is 1.73 bits per heavy atom. The van der Waals surface area contributed by atoms with E-state index < -0.39 is 0 Å². The molecule has 0 bridgehead atoms. The SMILES string of the molecule is CC(C)(C)OOC1c2ccccc2C(=O)C1C1CCCCC1. The van der Waals surface area contributed by atoms with Gasteiger partial charge in [-0.1, -0.05) is 43.5 Å². The predicted molar refractivity (Wildman–Crippen MR) is 85.5 cm³/mol. The average molecular weight is 302 g/mol. The third-order valence-corrected chi connectivity index (χ3v) is 4.72. The number of hydrogen-bond acceptors (Lipinski definition) is 3. The molecule has 0 spiro atoms. The first-order valence-electron chi connectivity index (χ1n) is 8.45. The lowest BCUT2D eigenvalue weighted by atomic mass is 9.77. The van der Waals surface area contributed by atoms with Crippen molar-refractivity contribution in [3.05, 3.63) is 35.4 Å². The van der Waals surface area contributed by atoms with Gasteiger partial charge in [-0.2, -0.15) is 0 Å². The number of carbonyl (C=O) groups is 1. The second-order valence-corrected chi connectivity index (χ2v) is 7.59. The van der Waals surface area contributed by atoms with Crippen LogP contribution in [0.25, 0.3) is 0 Å². The van der Waals surface area contributed by atoms with Gasteiger partial charge >= 0.3 is 0 Å². The highest BCUT2D eigenvalue weighted by Gasteiger charge is 2.45. The van der Waals surface area contributed by atoms with Gasteiger partial charge in [-0.05, 0) is 45.1 Å². The summed E-state index contributed by atoms with van der Waals surface area (Å²) in [6, 6.07) is 7.84. The van der Waals surface area contributed by atoms with Crippen LogP contribution >= 0.6 is 0 Å². The maximum absolute atomic E-state index is 12.9. The summed E-state index contributed by atoms with van der Waals surface area (Å²) in [7, 11) is 0. The van der Waals surface area contributed by atoms with Crippen molar-refractivity contribution in [1.29, 1.82) is 0 Å². The Morgan fingerprint density at radius 3 is 2.41 bits per heavy atom. The van der Waals surface area contributed by atoms with Gasteiger partial charge in [-0.25, -0.2) is 9.78 Å². The van der Waals surface area contributed by atoms with Gasteiger partial charge in [0.1, 0.15) is 6.10 Å². The molecule has 0 N–H and O–H groups in total. The Kier molecular flexibility index (Phi) is 4.37. The van der Waals surface area contributed by atoms with Crippen molar-refractivity contribution < 1.29 is 14.6 Å². The topological polar surface area (TPSA) is 35.5 Å². The van der Waals surface area contributed by atoms with E-state index in [9.17, 15) is 4.79 Å². The zero-order chi connectivity index (χ0) is 15.7. The molecular formula is C19H26O3. The molecule has 0 amide bonds. The molecule has 2 aliphatic carbocycles. The molecule has 0 heterocycles. The molecule has 2 unspecified atom stereocenters. The predicted octanol–water partition coefficient (Wildman–Crippen LogP) is 4.87. The van der Waals surface area contributed by atoms with Gasteiger partial charge in [0.15, 0.2) is 5.78 Å². The van der Waals surface area contributed by atoms with Gasteiger partial charge in [0, 0.05) is 5.56 Å². The lowest BCUT2D eigenvalue weighted by Gasteiger charge is -2.31. The normalized spacial score (nSPS) is 26.2. The van der Waals surface area contributed by atoms with E-state index in [0.717, 1.165) is 24.0 Å². The molecule has 2 atom stereocenters. The van der Waals surface area contributed by atoms with Crippen LogP contribution in [0, 0.1) is 11.8 Å². The van der Waals surface area contributed by atoms with Gasteiger partial charge in [0.2, 0.25) is 0 Å². The zero-order valence-corrected chi connectivity index (χ0v) is 13.8. The Balaban J connectivity index is 1.87. The highest BCUT2D eigenvalue weighted by atomic mass is 17.2. The molecule has 0 saturated heterocycles. The monoisotopic (exact) mass is 302 g/mol. The lowest BCUT2D eigenvalue weighted by molar-refractivity contribution is -0.381. The molecule has 1 saturated carbocycles. The van der Waals surface area contributed by atoms with Crippen molar-refractivity contribution in [3.8, 4) is 0 Å². The van der Waals surface area contributed by atoms with E-state index in [2.05, 4.69) is 0 Å². The highest BCUT2D eigenvalue weighted by Crippen LogP contribution is 2.47. The molecule has 0 aliphatic heterocycles. The van der Waals surface area contributed by atoms with E-state index in [0.29, 0.717) is 5.92 Å². The molecule has 0 radical (unpaired) electrons. The maximum Gasteiger partial charge on any atom is 0.169 e. The van der Waals surface area contributed by atoms with Crippen molar-refractivity contribution in [1.82, 2.24) is 0 Å². The van der Waals surface area contributed by atoms with Crippen LogP contribution in [0.4, 0.5) is 0 Å². The van der Waals surface area contributed by atoms with Crippen molar-refractivity contribution in [2.24, 2.45) is 11.8 Å². The van der Waals surface area contributed by atoms with Crippen LogP contribution in [0.1, 0.15) is 74.9 Å². The molecule has 120 valence electrons. The second kappa shape index (κ2) is 6.13. The molecule has 1 aromatic rings. The van der Waals surface area contributed by atoms with Crippen molar-refractivity contribution in [2.45, 2.75) is 64.6 Å². The Bertz CT molecular complexity index is 538. The standard InChI is InChI=1S/C19H26O3/c1-19(2,3)22-21-18-15-12-8-7-11-14(15)17(20)16(18)13-9-5-4-6-10-13/h7-8,11-13,16,18H,4-6,9-10H2,1-3H3. The third kappa shape index (κ3) is 3.11. The number of rotatable bonds is 3. The summed E-state index contributed by atoms with van der Waals surface area (Å²) in [5.41, 5.74) is 1.44. The smallest absolute Gasteiger partial charge is 0.169 e. The number of carbonyl (C=O) groups excluding carboxylic acids is 1. The fourth-order valence-electron chi connectivity index (χ4n) is 3.74. The fourth-order valence-corrected chi connectivity index (χ4v) is 3.74. The lowest BCUT2D eigenvalue weighted by Crippen LogP contribution is -2.29. The third-order valence-electron chi connectivity index (χ3n) is 4.72. The summed E-state index contributed by atoms with van der Waals surface area (Å²) in [4.78, 5) is 24.3. The molecule has 3 heteroatoms. The van der Waals surface area contributed by atoms with Crippen LogP contribution < -0.4 is 0 Å². The van der Waals surface area contributed by atoms with Crippen LogP contribution in [0.2, 0.25) is 0 Å². The first kappa shape index (κ1) is 15.7. The maximum atomic E-state index is 12.9. The Hall–Kier alpha value is -1.19. The molecule has 22 heavy (non-hydrogen) atoms. The van der Waals surface area contributed by atoms with Gasteiger partial charge in [0.05, 0.1) is 11.5 Å². The number of Topliss-reactive ketones (excluding diaryl/α,β-unsaturated/α-hetero) is 1. The second-order valence-electron chi connectivity index (χ2n) is 7.59. The van der Waals surface area contributed by atoms with Crippen LogP contribution in [0.15, 0.2) is 24.3 Å². The summed E-state index contributed by atoms with van der Waals surface area (Å²) >= 11 is 0. The summed E-state index contributed by atoms with van der Waals surface area (Å²) in [5, 5.41) is 0. The van der Waals surface area contributed by atoms with E-state index in [1.54, 1.807) is 0 Å². The van der Waals surface area contributed by atoms with Crippen LogP contribution in [-0.4, -0.2) is 11.4 Å². The van der Waals surface area contributed by atoms with Crippen molar-refractivity contribution >= 4 is 5.78 Å². The van der Waals surface area contributed by atoms with Gasteiger partial charge in [-0.3, -0.25) is 4.79 Å². The molecular weight excluding hydrogens is 276 g/mol. The molecule has 0 aromatic heterocycles. The van der Waals surface area contributed by atoms with Crippen molar-refractivity contribution in [3.63, 3.8) is 0 Å². The van der Waals surface area contributed by atoms with E-state index >= 15 is 0 Å².